The molecule has 1 aromatic heterocycles. The smallest absolute Gasteiger partial charge is 0.244 e. The van der Waals surface area contributed by atoms with E-state index in [9.17, 15) is 4.79 Å². The van der Waals surface area contributed by atoms with Gasteiger partial charge in [0, 0.05) is 23.1 Å². The summed E-state index contributed by atoms with van der Waals surface area (Å²) in [6.07, 6.45) is 3.45. The van der Waals surface area contributed by atoms with Crippen molar-refractivity contribution in [1.82, 2.24) is 9.55 Å². The van der Waals surface area contributed by atoms with Gasteiger partial charge in [-0.25, -0.2) is 4.98 Å². The maximum Gasteiger partial charge on any atom is 0.244 e. The van der Waals surface area contributed by atoms with Crippen LogP contribution >= 0.6 is 11.6 Å². The predicted molar refractivity (Wildman–Crippen MR) is 67.0 cm³/mol. The molecule has 17 heavy (non-hydrogen) atoms. The summed E-state index contributed by atoms with van der Waals surface area (Å²) >= 11 is 5.76. The Balaban J connectivity index is 1.98. The second kappa shape index (κ2) is 5.01. The Morgan fingerprint density at radius 2 is 2.12 bits per heavy atom. The number of halogens is 1. The molecule has 88 valence electrons. The van der Waals surface area contributed by atoms with Gasteiger partial charge in [0.2, 0.25) is 5.91 Å². The molecule has 0 radical (unpaired) electrons. The first-order valence-corrected chi connectivity index (χ1v) is 5.56. The number of carbonyl (C=O) groups excluding carboxylic acids is 1. The van der Waals surface area contributed by atoms with E-state index in [1.54, 1.807) is 41.2 Å². The van der Waals surface area contributed by atoms with Crippen LogP contribution in [-0.2, 0) is 11.3 Å². The van der Waals surface area contributed by atoms with Crippen LogP contribution in [0.15, 0.2) is 36.7 Å². The van der Waals surface area contributed by atoms with E-state index in [1.807, 2.05) is 6.92 Å². The maximum absolute atomic E-state index is 11.7. The number of amides is 1. The van der Waals surface area contributed by atoms with E-state index in [-0.39, 0.29) is 12.5 Å². The van der Waals surface area contributed by atoms with Crippen molar-refractivity contribution in [3.05, 3.63) is 47.5 Å². The zero-order valence-corrected chi connectivity index (χ0v) is 10.1. The molecule has 4 nitrogen and oxygen atoms in total. The van der Waals surface area contributed by atoms with Crippen molar-refractivity contribution >= 4 is 23.2 Å². The fourth-order valence-corrected chi connectivity index (χ4v) is 1.59. The number of anilines is 1. The zero-order chi connectivity index (χ0) is 12.3. The van der Waals surface area contributed by atoms with Crippen molar-refractivity contribution in [1.29, 1.82) is 0 Å². The van der Waals surface area contributed by atoms with Gasteiger partial charge in [0.15, 0.2) is 0 Å². The first-order chi connectivity index (χ1) is 8.15. The highest BCUT2D eigenvalue weighted by molar-refractivity contribution is 6.30. The van der Waals surface area contributed by atoms with Gasteiger partial charge in [-0.2, -0.15) is 0 Å². The highest BCUT2D eigenvalue weighted by Crippen LogP contribution is 2.13. The van der Waals surface area contributed by atoms with Gasteiger partial charge in [0.25, 0.3) is 0 Å². The number of carbonyl (C=O) groups is 1. The monoisotopic (exact) mass is 249 g/mol. The van der Waals surface area contributed by atoms with E-state index < -0.39 is 0 Å². The predicted octanol–water partition coefficient (Wildman–Crippen LogP) is 2.48. The van der Waals surface area contributed by atoms with Crippen LogP contribution in [-0.4, -0.2) is 15.5 Å². The molecular formula is C12H12ClN3O. The average molecular weight is 250 g/mol. The number of aryl methyl sites for hydroxylation is 1. The Hall–Kier alpha value is -1.81. The van der Waals surface area contributed by atoms with Gasteiger partial charge >= 0.3 is 0 Å². The SMILES string of the molecule is Cc1nccn1CC(=O)Nc1ccc(Cl)cc1. The third kappa shape index (κ3) is 3.07. The Bertz CT molecular complexity index is 519. The first kappa shape index (κ1) is 11.7. The molecule has 0 spiro atoms. The van der Waals surface area contributed by atoms with Gasteiger partial charge in [0.1, 0.15) is 12.4 Å². The lowest BCUT2D eigenvalue weighted by molar-refractivity contribution is -0.116. The fraction of sp³-hybridized carbons (Fsp3) is 0.167. The number of nitrogens with zero attached hydrogens (tertiary/aromatic N) is 2. The number of hydrogen-bond acceptors (Lipinski definition) is 2. The van der Waals surface area contributed by atoms with Crippen molar-refractivity contribution < 1.29 is 4.79 Å². The largest absolute Gasteiger partial charge is 0.326 e. The number of nitrogens with one attached hydrogen (secondary N) is 1. The molecule has 0 saturated carbocycles. The average Bonchev–Trinajstić information content (AvgIpc) is 2.68. The molecule has 2 rings (SSSR count). The number of rotatable bonds is 3. The Morgan fingerprint density at radius 1 is 1.41 bits per heavy atom. The molecule has 0 aliphatic carbocycles. The lowest BCUT2D eigenvalue weighted by atomic mass is 10.3. The number of hydrogen-bond donors (Lipinski definition) is 1. The third-order valence-electron chi connectivity index (χ3n) is 2.37. The minimum Gasteiger partial charge on any atom is -0.326 e. The zero-order valence-electron chi connectivity index (χ0n) is 9.35. The molecular weight excluding hydrogens is 238 g/mol. The minimum atomic E-state index is -0.0894. The van der Waals surface area contributed by atoms with Crippen LogP contribution in [0.2, 0.25) is 5.02 Å². The fourth-order valence-electron chi connectivity index (χ4n) is 1.46. The molecule has 0 aliphatic rings. The number of aromatic nitrogens is 2. The van der Waals surface area contributed by atoms with E-state index >= 15 is 0 Å². The minimum absolute atomic E-state index is 0.0894. The topological polar surface area (TPSA) is 46.9 Å². The number of benzene rings is 1. The van der Waals surface area contributed by atoms with Gasteiger partial charge in [-0.1, -0.05) is 11.6 Å². The molecule has 1 aromatic carbocycles. The molecule has 0 aliphatic heterocycles. The summed E-state index contributed by atoms with van der Waals surface area (Å²) in [5, 5.41) is 3.44. The summed E-state index contributed by atoms with van der Waals surface area (Å²) in [7, 11) is 0. The van der Waals surface area contributed by atoms with Crippen LogP contribution in [0.4, 0.5) is 5.69 Å². The van der Waals surface area contributed by atoms with Crippen LogP contribution in [0.5, 0.6) is 0 Å². The Labute approximate surface area is 104 Å². The molecule has 1 heterocycles. The van der Waals surface area contributed by atoms with Gasteiger partial charge in [-0.3, -0.25) is 4.79 Å². The van der Waals surface area contributed by atoms with Crippen molar-refractivity contribution in [2.45, 2.75) is 13.5 Å². The molecule has 0 bridgehead atoms. The first-order valence-electron chi connectivity index (χ1n) is 5.18. The van der Waals surface area contributed by atoms with Crippen molar-refractivity contribution in [2.75, 3.05) is 5.32 Å². The lowest BCUT2D eigenvalue weighted by Gasteiger charge is -2.07. The molecule has 0 atom stereocenters. The molecule has 0 fully saturated rings. The summed E-state index contributed by atoms with van der Waals surface area (Å²) < 4.78 is 1.78. The van der Waals surface area contributed by atoms with Crippen molar-refractivity contribution in [2.24, 2.45) is 0 Å². The maximum atomic E-state index is 11.7. The second-order valence-electron chi connectivity index (χ2n) is 3.66. The standard InChI is InChI=1S/C12H12ClN3O/c1-9-14-6-7-16(9)8-12(17)15-11-4-2-10(13)3-5-11/h2-7H,8H2,1H3,(H,15,17). The van der Waals surface area contributed by atoms with Gasteiger partial charge in [-0.05, 0) is 31.2 Å². The van der Waals surface area contributed by atoms with E-state index in [2.05, 4.69) is 10.3 Å². The third-order valence-corrected chi connectivity index (χ3v) is 2.62. The van der Waals surface area contributed by atoms with E-state index in [0.29, 0.717) is 5.02 Å². The van der Waals surface area contributed by atoms with Crippen molar-refractivity contribution in [3.63, 3.8) is 0 Å². The summed E-state index contributed by atoms with van der Waals surface area (Å²) in [5.41, 5.74) is 0.733. The lowest BCUT2D eigenvalue weighted by Crippen LogP contribution is -2.18. The highest BCUT2D eigenvalue weighted by atomic mass is 35.5. The van der Waals surface area contributed by atoms with E-state index in [0.717, 1.165) is 11.5 Å². The quantitative estimate of drug-likeness (QED) is 0.909. The van der Waals surface area contributed by atoms with E-state index in [1.165, 1.54) is 0 Å². The molecule has 5 heteroatoms. The highest BCUT2D eigenvalue weighted by Gasteiger charge is 2.05. The van der Waals surface area contributed by atoms with Gasteiger partial charge in [-0.15, -0.1) is 0 Å². The van der Waals surface area contributed by atoms with Crippen LogP contribution < -0.4 is 5.32 Å². The summed E-state index contributed by atoms with van der Waals surface area (Å²) in [4.78, 5) is 15.8. The summed E-state index contributed by atoms with van der Waals surface area (Å²) in [5.74, 6) is 0.727. The van der Waals surface area contributed by atoms with E-state index in [4.69, 9.17) is 11.6 Å². The molecule has 2 aromatic rings. The summed E-state index contributed by atoms with van der Waals surface area (Å²) in [6.45, 7) is 2.12. The molecule has 1 amide bonds. The van der Waals surface area contributed by atoms with Crippen LogP contribution in [0.1, 0.15) is 5.82 Å². The van der Waals surface area contributed by atoms with Gasteiger partial charge < -0.3 is 9.88 Å². The Kier molecular flexibility index (Phi) is 3.44. The van der Waals surface area contributed by atoms with Crippen molar-refractivity contribution in [3.8, 4) is 0 Å². The normalized spacial score (nSPS) is 10.2. The molecule has 0 unspecified atom stereocenters. The van der Waals surface area contributed by atoms with Gasteiger partial charge in [0.05, 0.1) is 0 Å². The van der Waals surface area contributed by atoms with Crippen LogP contribution in [0.3, 0.4) is 0 Å². The Morgan fingerprint density at radius 3 is 2.71 bits per heavy atom. The molecule has 0 saturated heterocycles. The molecule has 1 N–H and O–H groups in total. The number of imidazole rings is 1. The van der Waals surface area contributed by atoms with Crippen LogP contribution in [0, 0.1) is 6.92 Å². The van der Waals surface area contributed by atoms with Crippen LogP contribution in [0.25, 0.3) is 0 Å². The second-order valence-corrected chi connectivity index (χ2v) is 4.09. The summed E-state index contributed by atoms with van der Waals surface area (Å²) in [6, 6.07) is 7.00.